The second kappa shape index (κ2) is 5.25. The highest BCUT2D eigenvalue weighted by atomic mass is 19.1. The molecule has 0 bridgehead atoms. The van der Waals surface area contributed by atoms with E-state index in [0.29, 0.717) is 5.84 Å². The van der Waals surface area contributed by atoms with Crippen LogP contribution in [0.5, 0.6) is 5.75 Å². The summed E-state index contributed by atoms with van der Waals surface area (Å²) < 4.78 is 17.4. The van der Waals surface area contributed by atoms with Gasteiger partial charge in [-0.05, 0) is 31.2 Å². The fourth-order valence-corrected chi connectivity index (χ4v) is 0.858. The maximum absolute atomic E-state index is 12.6. The van der Waals surface area contributed by atoms with E-state index < -0.39 is 6.09 Å². The van der Waals surface area contributed by atoms with Gasteiger partial charge in [0, 0.05) is 14.1 Å². The Bertz CT molecular complexity index is 399. The Morgan fingerprint density at radius 2 is 1.88 bits per heavy atom. The lowest BCUT2D eigenvalue weighted by molar-refractivity contribution is 0.211. The molecule has 4 nitrogen and oxygen atoms in total. The van der Waals surface area contributed by atoms with Crippen molar-refractivity contribution in [2.24, 2.45) is 4.99 Å². The molecule has 0 heterocycles. The third-order valence-corrected chi connectivity index (χ3v) is 1.92. The van der Waals surface area contributed by atoms with Crippen molar-refractivity contribution < 1.29 is 13.9 Å². The molecule has 0 saturated carbocycles. The Balaban J connectivity index is 2.65. The number of amides is 1. The number of benzene rings is 1. The first-order chi connectivity index (χ1) is 7.49. The highest BCUT2D eigenvalue weighted by molar-refractivity contribution is 5.90. The van der Waals surface area contributed by atoms with Gasteiger partial charge >= 0.3 is 6.09 Å². The molecule has 0 saturated heterocycles. The van der Waals surface area contributed by atoms with Crippen molar-refractivity contribution in [3.8, 4) is 5.75 Å². The van der Waals surface area contributed by atoms with Crippen molar-refractivity contribution in [3.63, 3.8) is 0 Å². The summed E-state index contributed by atoms with van der Waals surface area (Å²) in [6.45, 7) is 1.69. The van der Waals surface area contributed by atoms with Gasteiger partial charge in [-0.3, -0.25) is 0 Å². The van der Waals surface area contributed by atoms with Crippen LogP contribution in [-0.4, -0.2) is 30.9 Å². The second-order valence-electron chi connectivity index (χ2n) is 3.38. The number of carbonyl (C=O) groups excluding carboxylic acids is 1. The fourth-order valence-electron chi connectivity index (χ4n) is 0.858. The third kappa shape index (κ3) is 3.68. The summed E-state index contributed by atoms with van der Waals surface area (Å²) in [7, 11) is 3.54. The Hall–Kier alpha value is -1.91. The lowest BCUT2D eigenvalue weighted by atomic mass is 10.3. The van der Waals surface area contributed by atoms with Crippen LogP contribution >= 0.6 is 0 Å². The smallest absolute Gasteiger partial charge is 0.409 e. The van der Waals surface area contributed by atoms with Crippen molar-refractivity contribution >= 4 is 11.9 Å². The minimum Gasteiger partial charge on any atom is -0.409 e. The molecule has 0 fully saturated rings. The number of nitrogens with zero attached hydrogens (tertiary/aromatic N) is 2. The standard InChI is InChI=1S/C11H13FN2O2/c1-8(14(2)3)13-11(15)16-10-6-4-9(12)5-7-10/h4-7H,1-3H3. The highest BCUT2D eigenvalue weighted by Gasteiger charge is 2.04. The molecule has 1 amide bonds. The van der Waals surface area contributed by atoms with E-state index in [9.17, 15) is 9.18 Å². The number of rotatable bonds is 1. The van der Waals surface area contributed by atoms with Crippen LogP contribution in [0.3, 0.4) is 0 Å². The maximum Gasteiger partial charge on any atom is 0.440 e. The van der Waals surface area contributed by atoms with Gasteiger partial charge in [-0.25, -0.2) is 9.18 Å². The number of hydrogen-bond donors (Lipinski definition) is 0. The first-order valence-corrected chi connectivity index (χ1v) is 4.69. The van der Waals surface area contributed by atoms with Gasteiger partial charge in [0.05, 0.1) is 0 Å². The predicted molar refractivity (Wildman–Crippen MR) is 59.2 cm³/mol. The quantitative estimate of drug-likeness (QED) is 0.543. The van der Waals surface area contributed by atoms with Gasteiger partial charge in [-0.15, -0.1) is 0 Å². The lowest BCUT2D eigenvalue weighted by Crippen LogP contribution is -2.20. The predicted octanol–water partition coefficient (Wildman–Crippen LogP) is 2.30. The summed E-state index contributed by atoms with van der Waals surface area (Å²) in [6.07, 6.45) is -0.724. The Morgan fingerprint density at radius 3 is 2.38 bits per heavy atom. The van der Waals surface area contributed by atoms with Crippen LogP contribution in [0.2, 0.25) is 0 Å². The van der Waals surface area contributed by atoms with E-state index in [2.05, 4.69) is 4.99 Å². The van der Waals surface area contributed by atoms with Crippen molar-refractivity contribution in [1.82, 2.24) is 4.90 Å². The van der Waals surface area contributed by atoms with Gasteiger partial charge < -0.3 is 9.64 Å². The normalized spacial score (nSPS) is 11.1. The molecule has 0 spiro atoms. The van der Waals surface area contributed by atoms with Gasteiger partial charge in [0.1, 0.15) is 17.4 Å². The average molecular weight is 224 g/mol. The van der Waals surface area contributed by atoms with Gasteiger partial charge in [0.25, 0.3) is 0 Å². The van der Waals surface area contributed by atoms with E-state index in [1.165, 1.54) is 24.3 Å². The zero-order valence-corrected chi connectivity index (χ0v) is 9.40. The van der Waals surface area contributed by atoms with Crippen LogP contribution in [0.1, 0.15) is 6.92 Å². The Labute approximate surface area is 93.4 Å². The summed E-state index contributed by atoms with van der Waals surface area (Å²) >= 11 is 0. The minimum absolute atomic E-state index is 0.265. The number of ether oxygens (including phenoxy) is 1. The molecule has 5 heteroatoms. The molecule has 0 aliphatic heterocycles. The highest BCUT2D eigenvalue weighted by Crippen LogP contribution is 2.11. The van der Waals surface area contributed by atoms with Crippen LogP contribution in [0, 0.1) is 5.82 Å². The fraction of sp³-hybridized carbons (Fsp3) is 0.273. The molecule has 1 rings (SSSR count). The molecule has 0 aliphatic carbocycles. The molecule has 1 aromatic rings. The van der Waals surface area contributed by atoms with Crippen LogP contribution in [0.4, 0.5) is 9.18 Å². The summed E-state index contributed by atoms with van der Waals surface area (Å²) in [5, 5.41) is 0. The summed E-state index contributed by atoms with van der Waals surface area (Å²) in [5.41, 5.74) is 0. The van der Waals surface area contributed by atoms with Crippen molar-refractivity contribution in [1.29, 1.82) is 0 Å². The molecular formula is C11H13FN2O2. The van der Waals surface area contributed by atoms with E-state index in [1.807, 2.05) is 0 Å². The third-order valence-electron chi connectivity index (χ3n) is 1.92. The molecule has 1 aromatic carbocycles. The second-order valence-corrected chi connectivity index (χ2v) is 3.38. The first-order valence-electron chi connectivity index (χ1n) is 4.69. The molecule has 0 aliphatic rings. The van der Waals surface area contributed by atoms with E-state index in [-0.39, 0.29) is 11.6 Å². The van der Waals surface area contributed by atoms with Gasteiger partial charge in [0.15, 0.2) is 0 Å². The summed E-state index contributed by atoms with van der Waals surface area (Å²) in [6, 6.07) is 5.16. The van der Waals surface area contributed by atoms with E-state index in [4.69, 9.17) is 4.74 Å². The zero-order valence-electron chi connectivity index (χ0n) is 9.40. The largest absolute Gasteiger partial charge is 0.440 e. The first kappa shape index (κ1) is 12.2. The van der Waals surface area contributed by atoms with Crippen molar-refractivity contribution in [3.05, 3.63) is 30.1 Å². The van der Waals surface area contributed by atoms with E-state index in [1.54, 1.807) is 25.9 Å². The molecule has 0 radical (unpaired) electrons. The number of carbonyl (C=O) groups is 1. The number of amidine groups is 1. The Kier molecular flexibility index (Phi) is 3.99. The SMILES string of the molecule is CC(=NC(=O)Oc1ccc(F)cc1)N(C)C. The van der Waals surface area contributed by atoms with Crippen LogP contribution < -0.4 is 4.74 Å². The topological polar surface area (TPSA) is 41.9 Å². The molecule has 16 heavy (non-hydrogen) atoms. The van der Waals surface area contributed by atoms with E-state index in [0.717, 1.165) is 0 Å². The molecule has 0 unspecified atom stereocenters. The van der Waals surface area contributed by atoms with Gasteiger partial charge in [0.2, 0.25) is 0 Å². The monoisotopic (exact) mass is 224 g/mol. The summed E-state index contributed by atoms with van der Waals surface area (Å²) in [5.74, 6) is 0.418. The molecular weight excluding hydrogens is 211 g/mol. The van der Waals surface area contributed by atoms with Gasteiger partial charge in [-0.2, -0.15) is 4.99 Å². The van der Waals surface area contributed by atoms with Gasteiger partial charge in [-0.1, -0.05) is 0 Å². The van der Waals surface area contributed by atoms with Crippen LogP contribution in [-0.2, 0) is 0 Å². The number of aliphatic imine (C=N–C) groups is 1. The number of hydrogen-bond acceptors (Lipinski definition) is 2. The molecule has 0 atom stereocenters. The van der Waals surface area contributed by atoms with Crippen molar-refractivity contribution in [2.45, 2.75) is 6.92 Å². The lowest BCUT2D eigenvalue weighted by Gasteiger charge is -2.10. The molecule has 0 N–H and O–H groups in total. The number of halogens is 1. The Morgan fingerprint density at radius 1 is 1.31 bits per heavy atom. The van der Waals surface area contributed by atoms with Crippen LogP contribution in [0.15, 0.2) is 29.3 Å². The summed E-state index contributed by atoms with van der Waals surface area (Å²) in [4.78, 5) is 16.7. The van der Waals surface area contributed by atoms with Crippen molar-refractivity contribution in [2.75, 3.05) is 14.1 Å². The van der Waals surface area contributed by atoms with Crippen LogP contribution in [0.25, 0.3) is 0 Å². The molecule has 86 valence electrons. The minimum atomic E-state index is -0.724. The maximum atomic E-state index is 12.6. The van der Waals surface area contributed by atoms with E-state index >= 15 is 0 Å². The average Bonchev–Trinajstić information content (AvgIpc) is 2.21. The zero-order chi connectivity index (χ0) is 12.1. The molecule has 0 aromatic heterocycles.